The number of sulfonamides is 1. The number of benzene rings is 1. The summed E-state index contributed by atoms with van der Waals surface area (Å²) in [5, 5.41) is 3.06. The Hall–Kier alpha value is -1.97. The lowest BCUT2D eigenvalue weighted by Gasteiger charge is -2.21. The van der Waals surface area contributed by atoms with Crippen LogP contribution in [-0.2, 0) is 10.0 Å². The van der Waals surface area contributed by atoms with Crippen molar-refractivity contribution in [2.24, 2.45) is 0 Å². The van der Waals surface area contributed by atoms with E-state index in [4.69, 9.17) is 12.2 Å². The summed E-state index contributed by atoms with van der Waals surface area (Å²) in [5.74, 6) is -0.421. The lowest BCUT2D eigenvalue weighted by molar-refractivity contribution is 0.0943. The molecule has 1 aromatic carbocycles. The van der Waals surface area contributed by atoms with Gasteiger partial charge in [0.05, 0.1) is 4.90 Å². The number of carbonyl (C=O) groups excluding carboxylic acids is 1. The Labute approximate surface area is 160 Å². The molecule has 0 aliphatic rings. The van der Waals surface area contributed by atoms with E-state index in [1.54, 1.807) is 6.08 Å². The van der Waals surface area contributed by atoms with Crippen molar-refractivity contribution in [1.82, 2.24) is 20.5 Å². The number of hydrogen-bond acceptors (Lipinski definition) is 4. The lowest BCUT2D eigenvalue weighted by Crippen LogP contribution is -2.46. The number of nitrogens with one attached hydrogen (secondary N) is 3. The van der Waals surface area contributed by atoms with Crippen molar-refractivity contribution in [1.29, 1.82) is 0 Å². The van der Waals surface area contributed by atoms with Gasteiger partial charge in [-0.15, -0.1) is 6.58 Å². The summed E-state index contributed by atoms with van der Waals surface area (Å²) in [5.41, 5.74) is 5.32. The highest BCUT2D eigenvalue weighted by atomic mass is 32.2. The molecule has 0 aliphatic carbocycles. The third-order valence-corrected chi connectivity index (χ3v) is 5.56. The molecule has 0 atom stereocenters. The topological polar surface area (TPSA) is 90.5 Å². The maximum Gasteiger partial charge on any atom is 0.269 e. The van der Waals surface area contributed by atoms with E-state index in [0.717, 1.165) is 12.8 Å². The zero-order valence-corrected chi connectivity index (χ0v) is 16.8. The van der Waals surface area contributed by atoms with E-state index in [-0.39, 0.29) is 10.0 Å². The average molecular weight is 399 g/mol. The maximum atomic E-state index is 12.7. The molecule has 26 heavy (non-hydrogen) atoms. The predicted molar refractivity (Wildman–Crippen MR) is 107 cm³/mol. The summed E-state index contributed by atoms with van der Waals surface area (Å²) in [7, 11) is -3.56. The van der Waals surface area contributed by atoms with Crippen molar-refractivity contribution >= 4 is 33.3 Å². The normalized spacial score (nSPS) is 11.0. The van der Waals surface area contributed by atoms with Crippen LogP contribution in [0.3, 0.4) is 0 Å². The quantitative estimate of drug-likeness (QED) is 0.334. The van der Waals surface area contributed by atoms with Crippen molar-refractivity contribution in [2.75, 3.05) is 19.6 Å². The van der Waals surface area contributed by atoms with Crippen LogP contribution in [0.5, 0.6) is 0 Å². The molecule has 1 amide bonds. The Kier molecular flexibility index (Phi) is 9.25. The molecule has 0 unspecified atom stereocenters. The van der Waals surface area contributed by atoms with Crippen LogP contribution in [0, 0.1) is 0 Å². The summed E-state index contributed by atoms with van der Waals surface area (Å²) in [6.45, 7) is 8.84. The van der Waals surface area contributed by atoms with E-state index in [9.17, 15) is 13.2 Å². The first kappa shape index (κ1) is 22.1. The third kappa shape index (κ3) is 6.40. The molecule has 3 N–H and O–H groups in total. The second-order valence-electron chi connectivity index (χ2n) is 5.51. The molecule has 144 valence electrons. The molecule has 1 aromatic rings. The second-order valence-corrected chi connectivity index (χ2v) is 7.85. The van der Waals surface area contributed by atoms with Gasteiger partial charge in [0.15, 0.2) is 5.11 Å². The van der Waals surface area contributed by atoms with Gasteiger partial charge in [-0.2, -0.15) is 4.31 Å². The van der Waals surface area contributed by atoms with Crippen molar-refractivity contribution < 1.29 is 13.2 Å². The summed E-state index contributed by atoms with van der Waals surface area (Å²) in [6, 6.07) is 5.83. The van der Waals surface area contributed by atoms with Crippen LogP contribution in [0.2, 0.25) is 0 Å². The molecule has 7 nitrogen and oxygen atoms in total. The van der Waals surface area contributed by atoms with E-state index < -0.39 is 15.9 Å². The summed E-state index contributed by atoms with van der Waals surface area (Å²) >= 11 is 4.97. The maximum absolute atomic E-state index is 12.7. The van der Waals surface area contributed by atoms with Gasteiger partial charge in [-0.3, -0.25) is 15.6 Å². The largest absolute Gasteiger partial charge is 0.358 e. The van der Waals surface area contributed by atoms with Gasteiger partial charge in [0.25, 0.3) is 5.91 Å². The zero-order chi connectivity index (χ0) is 19.6. The number of nitrogens with zero attached hydrogens (tertiary/aromatic N) is 1. The Morgan fingerprint density at radius 2 is 1.73 bits per heavy atom. The minimum Gasteiger partial charge on any atom is -0.358 e. The second kappa shape index (κ2) is 10.9. The van der Waals surface area contributed by atoms with E-state index >= 15 is 0 Å². The molecule has 0 bridgehead atoms. The number of hydrogen-bond donors (Lipinski definition) is 3. The molecule has 0 saturated carbocycles. The monoisotopic (exact) mass is 398 g/mol. The molecular formula is C17H26N4O3S2. The zero-order valence-electron chi connectivity index (χ0n) is 15.1. The predicted octanol–water partition coefficient (Wildman–Crippen LogP) is 1.79. The Morgan fingerprint density at radius 3 is 2.23 bits per heavy atom. The minimum atomic E-state index is -3.56. The Morgan fingerprint density at radius 1 is 1.15 bits per heavy atom. The van der Waals surface area contributed by atoms with Crippen LogP contribution in [0.15, 0.2) is 41.8 Å². The summed E-state index contributed by atoms with van der Waals surface area (Å²) in [6.07, 6.45) is 3.12. The SMILES string of the molecule is C=CCNC(=S)NNC(=O)c1ccc(S(=O)(=O)N(CCC)CCC)cc1. The van der Waals surface area contributed by atoms with Gasteiger partial charge in [-0.1, -0.05) is 19.9 Å². The Balaban J connectivity index is 2.79. The fraction of sp³-hybridized carbons (Fsp3) is 0.412. The molecular weight excluding hydrogens is 372 g/mol. The molecule has 0 aliphatic heterocycles. The van der Waals surface area contributed by atoms with Crippen LogP contribution >= 0.6 is 12.2 Å². The lowest BCUT2D eigenvalue weighted by atomic mass is 10.2. The summed E-state index contributed by atoms with van der Waals surface area (Å²) < 4.78 is 26.8. The third-order valence-electron chi connectivity index (χ3n) is 3.40. The summed E-state index contributed by atoms with van der Waals surface area (Å²) in [4.78, 5) is 12.3. The molecule has 0 spiro atoms. The molecule has 1 rings (SSSR count). The van der Waals surface area contributed by atoms with E-state index in [0.29, 0.717) is 25.2 Å². The van der Waals surface area contributed by atoms with Crippen molar-refractivity contribution in [3.63, 3.8) is 0 Å². The van der Waals surface area contributed by atoms with Gasteiger partial charge in [0.1, 0.15) is 0 Å². The van der Waals surface area contributed by atoms with E-state index in [1.807, 2.05) is 13.8 Å². The molecule has 0 aromatic heterocycles. The number of rotatable bonds is 9. The molecule has 0 radical (unpaired) electrons. The highest BCUT2D eigenvalue weighted by Gasteiger charge is 2.23. The average Bonchev–Trinajstić information content (AvgIpc) is 2.64. The highest BCUT2D eigenvalue weighted by molar-refractivity contribution is 7.89. The smallest absolute Gasteiger partial charge is 0.269 e. The standard InChI is InChI=1S/C17H26N4O3S2/c1-4-11-18-17(25)20-19-16(22)14-7-9-15(10-8-14)26(23,24)21(12-5-2)13-6-3/h4,7-10H,1,5-6,11-13H2,2-3H3,(H,19,22)(H2,18,20,25). The Bertz CT molecular complexity index is 712. The number of amides is 1. The minimum absolute atomic E-state index is 0.173. The van der Waals surface area contributed by atoms with Gasteiger partial charge >= 0.3 is 0 Å². The molecule has 0 heterocycles. The first-order valence-electron chi connectivity index (χ1n) is 8.42. The first-order chi connectivity index (χ1) is 12.4. The number of hydrazine groups is 1. The van der Waals surface area contributed by atoms with E-state index in [2.05, 4.69) is 22.7 Å². The highest BCUT2D eigenvalue weighted by Crippen LogP contribution is 2.17. The van der Waals surface area contributed by atoms with Crippen molar-refractivity contribution in [2.45, 2.75) is 31.6 Å². The number of carbonyl (C=O) groups is 1. The van der Waals surface area contributed by atoms with Crippen LogP contribution in [0.25, 0.3) is 0 Å². The van der Waals surface area contributed by atoms with Crippen molar-refractivity contribution in [3.05, 3.63) is 42.5 Å². The molecule has 0 saturated heterocycles. The fourth-order valence-electron chi connectivity index (χ4n) is 2.17. The van der Waals surface area contributed by atoms with Crippen LogP contribution in [0.1, 0.15) is 37.0 Å². The van der Waals surface area contributed by atoms with Gasteiger partial charge in [0.2, 0.25) is 10.0 Å². The van der Waals surface area contributed by atoms with Crippen LogP contribution in [-0.4, -0.2) is 43.4 Å². The van der Waals surface area contributed by atoms with Crippen LogP contribution < -0.4 is 16.2 Å². The number of thiocarbonyl (C=S) groups is 1. The van der Waals surface area contributed by atoms with Crippen LogP contribution in [0.4, 0.5) is 0 Å². The van der Waals surface area contributed by atoms with Gasteiger partial charge in [-0.05, 0) is 49.3 Å². The van der Waals surface area contributed by atoms with Gasteiger partial charge in [-0.25, -0.2) is 8.42 Å². The van der Waals surface area contributed by atoms with Gasteiger partial charge in [0, 0.05) is 25.2 Å². The van der Waals surface area contributed by atoms with Gasteiger partial charge < -0.3 is 5.32 Å². The molecule has 0 fully saturated rings. The van der Waals surface area contributed by atoms with E-state index in [1.165, 1.54) is 28.6 Å². The van der Waals surface area contributed by atoms with Crippen molar-refractivity contribution in [3.8, 4) is 0 Å². The first-order valence-corrected chi connectivity index (χ1v) is 10.3. The fourth-order valence-corrected chi connectivity index (χ4v) is 3.93. The molecule has 9 heteroatoms.